The van der Waals surface area contributed by atoms with Crippen LogP contribution in [0.2, 0.25) is 0 Å². The Balaban J connectivity index is 1.89. The summed E-state index contributed by atoms with van der Waals surface area (Å²) >= 11 is 0. The molecule has 2 heterocycles. The van der Waals surface area contributed by atoms with Crippen molar-refractivity contribution in [1.82, 2.24) is 4.57 Å². The molecule has 96 valence electrons. The van der Waals surface area contributed by atoms with Gasteiger partial charge in [0.05, 0.1) is 12.2 Å². The number of nitrogens with zero attached hydrogens (tertiary/aromatic N) is 1. The van der Waals surface area contributed by atoms with Gasteiger partial charge in [-0.3, -0.25) is 0 Å². The summed E-state index contributed by atoms with van der Waals surface area (Å²) in [5.74, 6) is 0. The number of benzene rings is 1. The summed E-state index contributed by atoms with van der Waals surface area (Å²) in [5.41, 5.74) is 8.25. The predicted octanol–water partition coefficient (Wildman–Crippen LogP) is 2.67. The molecule has 0 radical (unpaired) electrons. The predicted molar refractivity (Wildman–Crippen MR) is 73.4 cm³/mol. The average molecular weight is 244 g/mol. The van der Waals surface area contributed by atoms with Gasteiger partial charge in [0.15, 0.2) is 0 Å². The molecule has 3 heteroatoms. The van der Waals surface area contributed by atoms with E-state index in [1.165, 1.54) is 22.9 Å². The molecule has 2 atom stereocenters. The van der Waals surface area contributed by atoms with Crippen LogP contribution in [-0.4, -0.2) is 16.8 Å². The van der Waals surface area contributed by atoms with Crippen LogP contribution in [0.5, 0.6) is 0 Å². The molecule has 0 aliphatic carbocycles. The molecule has 1 aliphatic rings. The van der Waals surface area contributed by atoms with Gasteiger partial charge in [-0.1, -0.05) is 12.1 Å². The number of aromatic nitrogens is 1. The van der Waals surface area contributed by atoms with E-state index in [1.807, 2.05) is 0 Å². The summed E-state index contributed by atoms with van der Waals surface area (Å²) in [5, 5.41) is 1.27. The van der Waals surface area contributed by atoms with Crippen molar-refractivity contribution in [2.24, 2.45) is 5.73 Å². The van der Waals surface area contributed by atoms with E-state index < -0.39 is 0 Å². The van der Waals surface area contributed by atoms with Crippen LogP contribution in [0, 0.1) is 0 Å². The van der Waals surface area contributed by atoms with Crippen LogP contribution in [0.15, 0.2) is 30.5 Å². The Kier molecular flexibility index (Phi) is 3.10. The monoisotopic (exact) mass is 244 g/mol. The van der Waals surface area contributed by atoms with E-state index >= 15 is 0 Å². The summed E-state index contributed by atoms with van der Waals surface area (Å²) in [6, 6.07) is 8.50. The highest BCUT2D eigenvalue weighted by Crippen LogP contribution is 2.24. The van der Waals surface area contributed by atoms with Crippen molar-refractivity contribution in [2.45, 2.75) is 45.1 Å². The second-order valence-corrected chi connectivity index (χ2v) is 5.17. The third-order valence-corrected chi connectivity index (χ3v) is 3.84. The lowest BCUT2D eigenvalue weighted by molar-refractivity contribution is 0.0465. The molecule has 3 rings (SSSR count). The van der Waals surface area contributed by atoms with Gasteiger partial charge in [0.25, 0.3) is 0 Å². The Morgan fingerprint density at radius 2 is 2.22 bits per heavy atom. The maximum atomic E-state index is 5.89. The van der Waals surface area contributed by atoms with E-state index in [9.17, 15) is 0 Å². The summed E-state index contributed by atoms with van der Waals surface area (Å²) < 4.78 is 8.18. The van der Waals surface area contributed by atoms with Crippen molar-refractivity contribution in [3.05, 3.63) is 36.0 Å². The molecule has 0 bridgehead atoms. The van der Waals surface area contributed by atoms with E-state index in [0.717, 1.165) is 13.0 Å². The van der Waals surface area contributed by atoms with Gasteiger partial charge in [-0.2, -0.15) is 0 Å². The molecule has 0 amide bonds. The van der Waals surface area contributed by atoms with E-state index in [0.29, 0.717) is 18.8 Å². The van der Waals surface area contributed by atoms with Crippen molar-refractivity contribution in [3.8, 4) is 0 Å². The standard InChI is InChI=1S/C15H20N2O/c1-11-5-6-13(18-11)10-17-8-7-14-12(9-16)3-2-4-15(14)17/h2-4,7-8,11,13H,5-6,9-10,16H2,1H3. The zero-order valence-corrected chi connectivity index (χ0v) is 10.8. The fourth-order valence-electron chi connectivity index (χ4n) is 2.86. The number of fused-ring (bicyclic) bond motifs is 1. The SMILES string of the molecule is CC1CCC(Cn2ccc3c(CN)cccc32)O1. The van der Waals surface area contributed by atoms with Crippen molar-refractivity contribution < 1.29 is 4.74 Å². The van der Waals surface area contributed by atoms with Gasteiger partial charge < -0.3 is 15.0 Å². The highest BCUT2D eigenvalue weighted by atomic mass is 16.5. The first-order chi connectivity index (χ1) is 8.78. The average Bonchev–Trinajstić information content (AvgIpc) is 2.97. The molecule has 1 saturated heterocycles. The van der Waals surface area contributed by atoms with Gasteiger partial charge in [-0.15, -0.1) is 0 Å². The highest BCUT2D eigenvalue weighted by Gasteiger charge is 2.22. The second-order valence-electron chi connectivity index (χ2n) is 5.17. The number of rotatable bonds is 3. The van der Waals surface area contributed by atoms with Crippen LogP contribution in [0.4, 0.5) is 0 Å². The molecule has 0 spiro atoms. The topological polar surface area (TPSA) is 40.2 Å². The number of hydrogen-bond acceptors (Lipinski definition) is 2. The number of nitrogens with two attached hydrogens (primary N) is 1. The Labute approximate surface area is 108 Å². The summed E-state index contributed by atoms with van der Waals surface area (Å²) in [6.07, 6.45) is 5.26. The Morgan fingerprint density at radius 3 is 2.94 bits per heavy atom. The van der Waals surface area contributed by atoms with Crippen molar-refractivity contribution in [1.29, 1.82) is 0 Å². The fraction of sp³-hybridized carbons (Fsp3) is 0.467. The lowest BCUT2D eigenvalue weighted by Gasteiger charge is -2.13. The zero-order valence-electron chi connectivity index (χ0n) is 10.8. The minimum absolute atomic E-state index is 0.358. The highest BCUT2D eigenvalue weighted by molar-refractivity contribution is 5.83. The van der Waals surface area contributed by atoms with Crippen LogP contribution < -0.4 is 5.73 Å². The minimum atomic E-state index is 0.358. The van der Waals surface area contributed by atoms with E-state index in [2.05, 4.69) is 42.0 Å². The van der Waals surface area contributed by atoms with Gasteiger partial charge in [0.2, 0.25) is 0 Å². The smallest absolute Gasteiger partial charge is 0.0758 e. The lowest BCUT2D eigenvalue weighted by atomic mass is 10.1. The van der Waals surface area contributed by atoms with E-state index in [-0.39, 0.29) is 0 Å². The summed E-state index contributed by atoms with van der Waals surface area (Å²) in [7, 11) is 0. The first-order valence-electron chi connectivity index (χ1n) is 6.70. The molecule has 2 aromatic rings. The normalized spacial score (nSPS) is 23.9. The molecule has 1 fully saturated rings. The van der Waals surface area contributed by atoms with Crippen LogP contribution in [0.25, 0.3) is 10.9 Å². The molecule has 2 N–H and O–H groups in total. The quantitative estimate of drug-likeness (QED) is 0.901. The Morgan fingerprint density at radius 1 is 1.33 bits per heavy atom. The zero-order chi connectivity index (χ0) is 12.5. The van der Waals surface area contributed by atoms with Crippen LogP contribution in [0.3, 0.4) is 0 Å². The molecule has 2 unspecified atom stereocenters. The lowest BCUT2D eigenvalue weighted by Crippen LogP contribution is -2.15. The molecule has 18 heavy (non-hydrogen) atoms. The Bertz CT molecular complexity index is 546. The minimum Gasteiger partial charge on any atom is -0.373 e. The number of hydrogen-bond donors (Lipinski definition) is 1. The maximum absolute atomic E-state index is 5.89. The molecule has 1 aliphatic heterocycles. The molecule has 1 aromatic carbocycles. The third kappa shape index (κ3) is 2.04. The summed E-state index contributed by atoms with van der Waals surface area (Å²) in [6.45, 7) is 3.69. The molecule has 1 aromatic heterocycles. The Hall–Kier alpha value is -1.32. The number of ether oxygens (including phenoxy) is 1. The van der Waals surface area contributed by atoms with Gasteiger partial charge >= 0.3 is 0 Å². The molecule has 0 saturated carbocycles. The summed E-state index contributed by atoms with van der Waals surface area (Å²) in [4.78, 5) is 0. The van der Waals surface area contributed by atoms with Gasteiger partial charge in [0.1, 0.15) is 0 Å². The van der Waals surface area contributed by atoms with Crippen molar-refractivity contribution in [2.75, 3.05) is 0 Å². The molecule has 3 nitrogen and oxygen atoms in total. The van der Waals surface area contributed by atoms with Gasteiger partial charge in [-0.25, -0.2) is 0 Å². The fourth-order valence-corrected chi connectivity index (χ4v) is 2.86. The first-order valence-corrected chi connectivity index (χ1v) is 6.70. The van der Waals surface area contributed by atoms with E-state index in [4.69, 9.17) is 10.5 Å². The molecular weight excluding hydrogens is 224 g/mol. The second kappa shape index (κ2) is 4.75. The first kappa shape index (κ1) is 11.8. The van der Waals surface area contributed by atoms with Crippen LogP contribution >= 0.6 is 0 Å². The maximum Gasteiger partial charge on any atom is 0.0758 e. The third-order valence-electron chi connectivity index (χ3n) is 3.84. The van der Waals surface area contributed by atoms with Crippen LogP contribution in [-0.2, 0) is 17.8 Å². The van der Waals surface area contributed by atoms with Gasteiger partial charge in [-0.05, 0) is 37.5 Å². The largest absolute Gasteiger partial charge is 0.373 e. The molecular formula is C15H20N2O. The van der Waals surface area contributed by atoms with E-state index in [1.54, 1.807) is 0 Å². The van der Waals surface area contributed by atoms with Crippen molar-refractivity contribution in [3.63, 3.8) is 0 Å². The van der Waals surface area contributed by atoms with Gasteiger partial charge in [0, 0.05) is 30.2 Å². The van der Waals surface area contributed by atoms with Crippen LogP contribution in [0.1, 0.15) is 25.3 Å². The van der Waals surface area contributed by atoms with Crippen molar-refractivity contribution >= 4 is 10.9 Å².